The zero-order valence-electron chi connectivity index (χ0n) is 11.2. The van der Waals surface area contributed by atoms with Crippen molar-refractivity contribution < 1.29 is 5.11 Å². The topological polar surface area (TPSA) is 58.0 Å². The van der Waals surface area contributed by atoms with Crippen LogP contribution in [0.2, 0.25) is 0 Å². The first-order valence-corrected chi connectivity index (χ1v) is 6.46. The molecule has 0 saturated heterocycles. The summed E-state index contributed by atoms with van der Waals surface area (Å²) < 4.78 is 0. The van der Waals surface area contributed by atoms with Gasteiger partial charge in [-0.15, -0.1) is 0 Å². The first-order valence-electron chi connectivity index (χ1n) is 6.46. The van der Waals surface area contributed by atoms with E-state index >= 15 is 0 Å². The minimum Gasteiger partial charge on any atom is -0.506 e. The second kappa shape index (κ2) is 5.17. The Hall–Kier alpha value is -2.62. The third kappa shape index (κ3) is 2.54. The van der Waals surface area contributed by atoms with E-state index in [-0.39, 0.29) is 5.75 Å². The van der Waals surface area contributed by atoms with Crippen molar-refractivity contribution in [2.45, 2.75) is 13.5 Å². The van der Waals surface area contributed by atoms with Crippen molar-refractivity contribution in [2.24, 2.45) is 0 Å². The van der Waals surface area contributed by atoms with Crippen LogP contribution in [0.5, 0.6) is 5.75 Å². The van der Waals surface area contributed by atoms with E-state index in [4.69, 9.17) is 0 Å². The Kier molecular flexibility index (Phi) is 3.21. The summed E-state index contributed by atoms with van der Waals surface area (Å²) in [5, 5.41) is 13.7. The average Bonchev–Trinajstić information content (AvgIpc) is 2.47. The zero-order chi connectivity index (χ0) is 13.9. The Bertz CT molecular complexity index is 738. The number of para-hydroxylation sites is 1. The lowest BCUT2D eigenvalue weighted by Gasteiger charge is -2.09. The number of aryl methyl sites for hydroxylation is 1. The van der Waals surface area contributed by atoms with Gasteiger partial charge in [0, 0.05) is 11.1 Å². The quantitative estimate of drug-likeness (QED) is 0.763. The predicted molar refractivity (Wildman–Crippen MR) is 79.7 cm³/mol. The number of aromatic nitrogens is 2. The van der Waals surface area contributed by atoms with Crippen molar-refractivity contribution in [1.82, 2.24) is 9.97 Å². The van der Waals surface area contributed by atoms with Gasteiger partial charge in [0.2, 0.25) is 0 Å². The van der Waals surface area contributed by atoms with Crippen LogP contribution in [0.25, 0.3) is 10.9 Å². The lowest BCUT2D eigenvalue weighted by atomic mass is 10.1. The number of hydrogen-bond acceptors (Lipinski definition) is 4. The van der Waals surface area contributed by atoms with Gasteiger partial charge < -0.3 is 10.4 Å². The van der Waals surface area contributed by atoms with Crippen molar-refractivity contribution in [3.05, 3.63) is 60.0 Å². The summed E-state index contributed by atoms with van der Waals surface area (Å²) in [4.78, 5) is 8.74. The van der Waals surface area contributed by atoms with Gasteiger partial charge in [0.05, 0.1) is 29.6 Å². The van der Waals surface area contributed by atoms with Gasteiger partial charge in [-0.3, -0.25) is 9.97 Å². The highest BCUT2D eigenvalue weighted by molar-refractivity contribution is 5.90. The molecule has 4 nitrogen and oxygen atoms in total. The molecule has 2 heterocycles. The van der Waals surface area contributed by atoms with E-state index in [0.29, 0.717) is 6.54 Å². The molecule has 0 unspecified atom stereocenters. The second-order valence-electron chi connectivity index (χ2n) is 4.69. The first-order chi connectivity index (χ1) is 9.72. The number of nitrogens with one attached hydrogen (secondary N) is 1. The molecule has 1 aromatic carbocycles. The smallest absolute Gasteiger partial charge is 0.133 e. The van der Waals surface area contributed by atoms with Crippen LogP contribution in [-0.2, 0) is 6.54 Å². The van der Waals surface area contributed by atoms with Crippen molar-refractivity contribution in [1.29, 1.82) is 0 Å². The minimum atomic E-state index is 0.177. The number of pyridine rings is 2. The van der Waals surface area contributed by atoms with Crippen LogP contribution in [0.4, 0.5) is 5.69 Å². The monoisotopic (exact) mass is 265 g/mol. The summed E-state index contributed by atoms with van der Waals surface area (Å²) in [6, 6.07) is 13.6. The Labute approximate surface area is 117 Å². The Morgan fingerprint density at radius 2 is 2.00 bits per heavy atom. The summed E-state index contributed by atoms with van der Waals surface area (Å²) in [7, 11) is 0. The lowest BCUT2D eigenvalue weighted by Crippen LogP contribution is -2.02. The number of rotatable bonds is 3. The fourth-order valence-corrected chi connectivity index (χ4v) is 2.09. The van der Waals surface area contributed by atoms with Crippen LogP contribution >= 0.6 is 0 Å². The number of anilines is 1. The van der Waals surface area contributed by atoms with Crippen molar-refractivity contribution in [3.63, 3.8) is 0 Å². The molecule has 0 radical (unpaired) electrons. The molecule has 2 N–H and O–H groups in total. The highest BCUT2D eigenvalue weighted by atomic mass is 16.3. The molecule has 0 aliphatic heterocycles. The fourth-order valence-electron chi connectivity index (χ4n) is 2.09. The standard InChI is InChI=1S/C16H15N3O/c1-11-5-6-12-3-2-4-15(16(12)19-11)18-9-13-7-8-14(20)10-17-13/h2-8,10,18,20H,9H2,1H3. The Balaban J connectivity index is 1.87. The summed E-state index contributed by atoms with van der Waals surface area (Å²) in [6.45, 7) is 2.58. The summed E-state index contributed by atoms with van der Waals surface area (Å²) in [5.74, 6) is 0.177. The normalized spacial score (nSPS) is 10.7. The summed E-state index contributed by atoms with van der Waals surface area (Å²) >= 11 is 0. The fraction of sp³-hybridized carbons (Fsp3) is 0.125. The number of hydrogen-bond donors (Lipinski definition) is 2. The molecular formula is C16H15N3O. The van der Waals surface area contributed by atoms with Crippen molar-refractivity contribution >= 4 is 16.6 Å². The van der Waals surface area contributed by atoms with Gasteiger partial charge in [-0.05, 0) is 31.2 Å². The average molecular weight is 265 g/mol. The SMILES string of the molecule is Cc1ccc2cccc(NCc3ccc(O)cn3)c2n1. The highest BCUT2D eigenvalue weighted by Gasteiger charge is 2.03. The molecule has 2 aromatic heterocycles. The maximum absolute atomic E-state index is 9.22. The minimum absolute atomic E-state index is 0.177. The largest absolute Gasteiger partial charge is 0.506 e. The molecular weight excluding hydrogens is 250 g/mol. The molecule has 0 spiro atoms. The molecule has 3 aromatic rings. The summed E-state index contributed by atoms with van der Waals surface area (Å²) in [5.41, 5.74) is 3.81. The van der Waals surface area contributed by atoms with E-state index < -0.39 is 0 Å². The van der Waals surface area contributed by atoms with Crippen LogP contribution < -0.4 is 5.32 Å². The third-order valence-electron chi connectivity index (χ3n) is 3.13. The maximum Gasteiger partial charge on any atom is 0.133 e. The van der Waals surface area contributed by atoms with Crippen LogP contribution in [0.1, 0.15) is 11.4 Å². The van der Waals surface area contributed by atoms with Gasteiger partial charge in [-0.1, -0.05) is 18.2 Å². The first kappa shape index (κ1) is 12.4. The van der Waals surface area contributed by atoms with Gasteiger partial charge in [0.25, 0.3) is 0 Å². The molecule has 100 valence electrons. The van der Waals surface area contributed by atoms with Crippen molar-refractivity contribution in [2.75, 3.05) is 5.32 Å². The Morgan fingerprint density at radius 3 is 2.80 bits per heavy atom. The molecule has 20 heavy (non-hydrogen) atoms. The number of nitrogens with zero attached hydrogens (tertiary/aromatic N) is 2. The van der Waals surface area contributed by atoms with Gasteiger partial charge in [0.15, 0.2) is 0 Å². The molecule has 0 saturated carbocycles. The van der Waals surface area contributed by atoms with Gasteiger partial charge in [0.1, 0.15) is 5.75 Å². The van der Waals surface area contributed by atoms with Crippen molar-refractivity contribution in [3.8, 4) is 5.75 Å². The van der Waals surface area contributed by atoms with E-state index in [1.807, 2.05) is 31.2 Å². The molecule has 0 aliphatic rings. The molecule has 4 heteroatoms. The molecule has 0 bridgehead atoms. The molecule has 3 rings (SSSR count). The van der Waals surface area contributed by atoms with Crippen LogP contribution in [-0.4, -0.2) is 15.1 Å². The summed E-state index contributed by atoms with van der Waals surface area (Å²) in [6.07, 6.45) is 1.45. The van der Waals surface area contributed by atoms with Gasteiger partial charge >= 0.3 is 0 Å². The van der Waals surface area contributed by atoms with Crippen LogP contribution in [0.3, 0.4) is 0 Å². The van der Waals surface area contributed by atoms with E-state index in [1.165, 1.54) is 6.20 Å². The van der Waals surface area contributed by atoms with Gasteiger partial charge in [-0.25, -0.2) is 0 Å². The van der Waals surface area contributed by atoms with E-state index in [2.05, 4.69) is 21.4 Å². The lowest BCUT2D eigenvalue weighted by molar-refractivity contribution is 0.472. The number of benzene rings is 1. The van der Waals surface area contributed by atoms with E-state index in [0.717, 1.165) is 28.0 Å². The highest BCUT2D eigenvalue weighted by Crippen LogP contribution is 2.22. The molecule has 0 amide bonds. The number of aromatic hydroxyl groups is 1. The molecule has 0 fully saturated rings. The number of fused-ring (bicyclic) bond motifs is 1. The molecule has 0 atom stereocenters. The third-order valence-corrected chi connectivity index (χ3v) is 3.13. The molecule has 0 aliphatic carbocycles. The second-order valence-corrected chi connectivity index (χ2v) is 4.69. The maximum atomic E-state index is 9.22. The van der Waals surface area contributed by atoms with Crippen LogP contribution in [0.15, 0.2) is 48.7 Å². The van der Waals surface area contributed by atoms with Gasteiger partial charge in [-0.2, -0.15) is 0 Å². The van der Waals surface area contributed by atoms with E-state index in [9.17, 15) is 5.11 Å². The van der Waals surface area contributed by atoms with Crippen LogP contribution in [0, 0.1) is 6.92 Å². The van der Waals surface area contributed by atoms with E-state index in [1.54, 1.807) is 12.1 Å². The zero-order valence-corrected chi connectivity index (χ0v) is 11.2. The Morgan fingerprint density at radius 1 is 1.10 bits per heavy atom. The predicted octanol–water partition coefficient (Wildman–Crippen LogP) is 3.26.